The predicted octanol–water partition coefficient (Wildman–Crippen LogP) is 2.95. The number of rotatable bonds is 2. The van der Waals surface area contributed by atoms with Crippen molar-refractivity contribution >= 4 is 0 Å². The third-order valence-electron chi connectivity index (χ3n) is 2.91. The van der Waals surface area contributed by atoms with E-state index in [0.717, 1.165) is 11.5 Å². The van der Waals surface area contributed by atoms with Gasteiger partial charge in [0.2, 0.25) is 0 Å². The number of phenols is 1. The molecular formula is C15H13N3O. The van der Waals surface area contributed by atoms with Crippen LogP contribution in [0.5, 0.6) is 5.75 Å². The van der Waals surface area contributed by atoms with E-state index in [1.54, 1.807) is 22.9 Å². The van der Waals surface area contributed by atoms with Gasteiger partial charge in [0.05, 0.1) is 11.3 Å². The molecule has 0 saturated heterocycles. The summed E-state index contributed by atoms with van der Waals surface area (Å²) in [5, 5.41) is 14.3. The van der Waals surface area contributed by atoms with Gasteiger partial charge in [-0.15, -0.1) is 5.10 Å². The van der Waals surface area contributed by atoms with Crippen molar-refractivity contribution in [1.82, 2.24) is 14.8 Å². The molecule has 3 aromatic rings. The Kier molecular flexibility index (Phi) is 2.76. The summed E-state index contributed by atoms with van der Waals surface area (Å²) in [6, 6.07) is 16.9. The van der Waals surface area contributed by atoms with Crippen molar-refractivity contribution in [3.8, 4) is 22.8 Å². The highest BCUT2D eigenvalue weighted by Gasteiger charge is 2.12. The third kappa shape index (κ3) is 2.08. The van der Waals surface area contributed by atoms with E-state index >= 15 is 0 Å². The Morgan fingerprint density at radius 1 is 0.947 bits per heavy atom. The molecule has 0 fully saturated rings. The molecule has 0 aliphatic heterocycles. The molecule has 4 nitrogen and oxygen atoms in total. The van der Waals surface area contributed by atoms with Crippen molar-refractivity contribution in [1.29, 1.82) is 0 Å². The fourth-order valence-corrected chi connectivity index (χ4v) is 1.98. The van der Waals surface area contributed by atoms with E-state index in [2.05, 4.69) is 10.1 Å². The molecule has 0 spiro atoms. The predicted molar refractivity (Wildman–Crippen MR) is 73.2 cm³/mol. The molecule has 0 saturated carbocycles. The summed E-state index contributed by atoms with van der Waals surface area (Å²) in [7, 11) is 0. The van der Waals surface area contributed by atoms with E-state index in [9.17, 15) is 5.11 Å². The Balaban J connectivity index is 2.10. The highest BCUT2D eigenvalue weighted by atomic mass is 16.3. The smallest absolute Gasteiger partial charge is 0.185 e. The molecule has 0 unspecified atom stereocenters. The van der Waals surface area contributed by atoms with Crippen LogP contribution in [0.4, 0.5) is 0 Å². The first-order valence-corrected chi connectivity index (χ1v) is 6.03. The van der Waals surface area contributed by atoms with Gasteiger partial charge in [-0.05, 0) is 31.2 Å². The standard InChI is InChI=1S/C15H13N3O/c1-11-16-15(13-9-5-6-10-14(13)19)17-18(11)12-7-3-2-4-8-12/h2-10,19H,1H3. The van der Waals surface area contributed by atoms with Crippen LogP contribution >= 0.6 is 0 Å². The van der Waals surface area contributed by atoms with Gasteiger partial charge in [0.1, 0.15) is 11.6 Å². The van der Waals surface area contributed by atoms with Gasteiger partial charge in [-0.2, -0.15) is 0 Å². The molecule has 0 atom stereocenters. The maximum absolute atomic E-state index is 9.85. The molecule has 0 bridgehead atoms. The summed E-state index contributed by atoms with van der Waals surface area (Å²) in [5.74, 6) is 1.50. The monoisotopic (exact) mass is 251 g/mol. The maximum atomic E-state index is 9.85. The van der Waals surface area contributed by atoms with E-state index in [0.29, 0.717) is 11.4 Å². The van der Waals surface area contributed by atoms with Crippen molar-refractivity contribution in [3.63, 3.8) is 0 Å². The molecule has 1 heterocycles. The Labute approximate surface area is 111 Å². The molecule has 1 N–H and O–H groups in total. The van der Waals surface area contributed by atoms with E-state index in [-0.39, 0.29) is 5.75 Å². The zero-order valence-electron chi connectivity index (χ0n) is 10.5. The lowest BCUT2D eigenvalue weighted by Gasteiger charge is -2.01. The van der Waals surface area contributed by atoms with Gasteiger partial charge in [-0.25, -0.2) is 9.67 Å². The minimum Gasteiger partial charge on any atom is -0.507 e. The fourth-order valence-electron chi connectivity index (χ4n) is 1.98. The van der Waals surface area contributed by atoms with Crippen LogP contribution in [0.2, 0.25) is 0 Å². The number of nitrogens with zero attached hydrogens (tertiary/aromatic N) is 3. The van der Waals surface area contributed by atoms with Crippen LogP contribution in [-0.2, 0) is 0 Å². The number of hydrogen-bond acceptors (Lipinski definition) is 3. The van der Waals surface area contributed by atoms with Crippen molar-refractivity contribution < 1.29 is 5.11 Å². The van der Waals surface area contributed by atoms with Gasteiger partial charge >= 0.3 is 0 Å². The highest BCUT2D eigenvalue weighted by molar-refractivity contribution is 5.63. The number of hydrogen-bond donors (Lipinski definition) is 1. The first-order valence-electron chi connectivity index (χ1n) is 6.03. The summed E-state index contributed by atoms with van der Waals surface area (Å²) in [5.41, 5.74) is 1.59. The largest absolute Gasteiger partial charge is 0.507 e. The Bertz CT molecular complexity index is 704. The van der Waals surface area contributed by atoms with Gasteiger partial charge in [-0.3, -0.25) is 0 Å². The Morgan fingerprint density at radius 3 is 2.37 bits per heavy atom. The minimum absolute atomic E-state index is 0.188. The summed E-state index contributed by atoms with van der Waals surface area (Å²) < 4.78 is 1.77. The Morgan fingerprint density at radius 2 is 1.63 bits per heavy atom. The first-order chi connectivity index (χ1) is 9.25. The average molecular weight is 251 g/mol. The number of aryl methyl sites for hydroxylation is 1. The highest BCUT2D eigenvalue weighted by Crippen LogP contribution is 2.26. The van der Waals surface area contributed by atoms with Gasteiger partial charge in [0.25, 0.3) is 0 Å². The molecule has 0 radical (unpaired) electrons. The van der Waals surface area contributed by atoms with Crippen LogP contribution in [-0.4, -0.2) is 19.9 Å². The van der Waals surface area contributed by atoms with Crippen molar-refractivity contribution in [2.45, 2.75) is 6.92 Å². The van der Waals surface area contributed by atoms with Gasteiger partial charge in [-0.1, -0.05) is 30.3 Å². The number of aromatic hydroxyl groups is 1. The van der Waals surface area contributed by atoms with Crippen LogP contribution in [0.25, 0.3) is 17.1 Å². The summed E-state index contributed by atoms with van der Waals surface area (Å²) >= 11 is 0. The average Bonchev–Trinajstić information content (AvgIpc) is 2.82. The quantitative estimate of drug-likeness (QED) is 0.761. The van der Waals surface area contributed by atoms with Crippen LogP contribution in [0.3, 0.4) is 0 Å². The lowest BCUT2D eigenvalue weighted by Crippen LogP contribution is -1.98. The maximum Gasteiger partial charge on any atom is 0.185 e. The zero-order chi connectivity index (χ0) is 13.2. The Hall–Kier alpha value is -2.62. The molecule has 94 valence electrons. The molecule has 2 aromatic carbocycles. The van der Waals surface area contributed by atoms with Crippen LogP contribution in [0, 0.1) is 6.92 Å². The topological polar surface area (TPSA) is 50.9 Å². The molecule has 19 heavy (non-hydrogen) atoms. The van der Waals surface area contributed by atoms with Crippen molar-refractivity contribution in [2.75, 3.05) is 0 Å². The third-order valence-corrected chi connectivity index (χ3v) is 2.91. The molecule has 3 rings (SSSR count). The number of phenolic OH excluding ortho intramolecular Hbond substituents is 1. The SMILES string of the molecule is Cc1nc(-c2ccccc2O)nn1-c1ccccc1. The normalized spacial score (nSPS) is 10.6. The molecule has 0 amide bonds. The van der Waals surface area contributed by atoms with Crippen molar-refractivity contribution in [3.05, 3.63) is 60.4 Å². The number of benzene rings is 2. The van der Waals surface area contributed by atoms with Gasteiger partial charge in [0.15, 0.2) is 5.82 Å². The minimum atomic E-state index is 0.188. The zero-order valence-corrected chi connectivity index (χ0v) is 10.5. The second-order valence-electron chi connectivity index (χ2n) is 4.25. The molecular weight excluding hydrogens is 238 g/mol. The van der Waals surface area contributed by atoms with Gasteiger partial charge in [0, 0.05) is 0 Å². The number of aromatic nitrogens is 3. The molecule has 1 aromatic heterocycles. The second kappa shape index (κ2) is 4.57. The van der Waals surface area contributed by atoms with Crippen LogP contribution in [0.1, 0.15) is 5.82 Å². The molecule has 0 aliphatic carbocycles. The first kappa shape index (κ1) is 11.5. The lowest BCUT2D eigenvalue weighted by atomic mass is 10.2. The van der Waals surface area contributed by atoms with Crippen LogP contribution in [0.15, 0.2) is 54.6 Å². The van der Waals surface area contributed by atoms with Gasteiger partial charge < -0.3 is 5.11 Å². The van der Waals surface area contributed by atoms with Crippen LogP contribution < -0.4 is 0 Å². The molecule has 0 aliphatic rings. The van der Waals surface area contributed by atoms with Crippen molar-refractivity contribution in [2.24, 2.45) is 0 Å². The van der Waals surface area contributed by atoms with E-state index < -0.39 is 0 Å². The van der Waals surface area contributed by atoms with E-state index in [1.165, 1.54) is 0 Å². The van der Waals surface area contributed by atoms with E-state index in [1.807, 2.05) is 43.3 Å². The summed E-state index contributed by atoms with van der Waals surface area (Å²) in [4.78, 5) is 4.41. The molecule has 4 heteroatoms. The number of para-hydroxylation sites is 2. The fraction of sp³-hybridized carbons (Fsp3) is 0.0667. The summed E-state index contributed by atoms with van der Waals surface area (Å²) in [6.45, 7) is 1.89. The lowest BCUT2D eigenvalue weighted by molar-refractivity contribution is 0.477. The van der Waals surface area contributed by atoms with E-state index in [4.69, 9.17) is 0 Å². The summed E-state index contributed by atoms with van der Waals surface area (Å²) in [6.07, 6.45) is 0. The second-order valence-corrected chi connectivity index (χ2v) is 4.25.